The van der Waals surface area contributed by atoms with Crippen molar-refractivity contribution in [2.75, 3.05) is 11.9 Å². The van der Waals surface area contributed by atoms with Crippen LogP contribution in [0.2, 0.25) is 0 Å². The van der Waals surface area contributed by atoms with Crippen molar-refractivity contribution in [3.63, 3.8) is 0 Å². The quantitative estimate of drug-likeness (QED) is 0.405. The fraction of sp³-hybridized carbons (Fsp3) is 0.259. The van der Waals surface area contributed by atoms with Crippen molar-refractivity contribution >= 4 is 29.1 Å². The zero-order chi connectivity index (χ0) is 25.2. The molecule has 3 aromatic carbocycles. The number of carbonyl (C=O) groups excluding carboxylic acids is 2. The van der Waals surface area contributed by atoms with Gasteiger partial charge < -0.3 is 10.2 Å². The SMILES string of the molecule is CC(Cl)CC(=O)N1CCc2cc(NC(=O)c3ccccc3-c3ccc(C(F)(F)F)cc3)ccc2C1. The lowest BCUT2D eigenvalue weighted by atomic mass is 9.97. The van der Waals surface area contributed by atoms with Gasteiger partial charge in [0.1, 0.15) is 0 Å². The smallest absolute Gasteiger partial charge is 0.338 e. The molecule has 1 N–H and O–H groups in total. The van der Waals surface area contributed by atoms with Crippen molar-refractivity contribution in [2.24, 2.45) is 0 Å². The zero-order valence-electron chi connectivity index (χ0n) is 19.0. The number of nitrogens with zero attached hydrogens (tertiary/aromatic N) is 1. The monoisotopic (exact) mass is 500 g/mol. The first-order valence-electron chi connectivity index (χ1n) is 11.2. The van der Waals surface area contributed by atoms with Gasteiger partial charge in [-0.3, -0.25) is 9.59 Å². The molecule has 1 atom stereocenters. The van der Waals surface area contributed by atoms with E-state index >= 15 is 0 Å². The van der Waals surface area contributed by atoms with Gasteiger partial charge in [0.05, 0.1) is 5.56 Å². The molecule has 4 nitrogen and oxygen atoms in total. The molecule has 2 amide bonds. The summed E-state index contributed by atoms with van der Waals surface area (Å²) >= 11 is 5.95. The van der Waals surface area contributed by atoms with E-state index in [-0.39, 0.29) is 17.2 Å². The zero-order valence-corrected chi connectivity index (χ0v) is 19.8. The van der Waals surface area contributed by atoms with Crippen LogP contribution >= 0.6 is 11.6 Å². The highest BCUT2D eigenvalue weighted by Gasteiger charge is 2.30. The molecule has 35 heavy (non-hydrogen) atoms. The lowest BCUT2D eigenvalue weighted by molar-refractivity contribution is -0.137. The second-order valence-corrected chi connectivity index (χ2v) is 9.35. The van der Waals surface area contributed by atoms with Crippen LogP contribution in [-0.4, -0.2) is 28.6 Å². The van der Waals surface area contributed by atoms with E-state index in [1.54, 1.807) is 42.2 Å². The maximum Gasteiger partial charge on any atom is 0.416 e. The molecule has 0 aliphatic carbocycles. The first-order valence-corrected chi connectivity index (χ1v) is 11.7. The van der Waals surface area contributed by atoms with Gasteiger partial charge in [0.15, 0.2) is 0 Å². The third kappa shape index (κ3) is 5.85. The van der Waals surface area contributed by atoms with Crippen molar-refractivity contribution in [3.8, 4) is 11.1 Å². The van der Waals surface area contributed by atoms with Crippen molar-refractivity contribution in [3.05, 3.63) is 89.0 Å². The third-order valence-corrected chi connectivity index (χ3v) is 6.13. The number of hydrogen-bond acceptors (Lipinski definition) is 2. The van der Waals surface area contributed by atoms with Crippen LogP contribution in [0.5, 0.6) is 0 Å². The predicted molar refractivity (Wildman–Crippen MR) is 130 cm³/mol. The summed E-state index contributed by atoms with van der Waals surface area (Å²) < 4.78 is 38.7. The second kappa shape index (κ2) is 10.1. The van der Waals surface area contributed by atoms with Crippen LogP contribution < -0.4 is 5.32 Å². The van der Waals surface area contributed by atoms with Gasteiger partial charge in [-0.25, -0.2) is 0 Å². The molecular weight excluding hydrogens is 477 g/mol. The molecule has 0 bridgehead atoms. The molecule has 1 aliphatic heterocycles. The number of fused-ring (bicyclic) bond motifs is 1. The average Bonchev–Trinajstić information content (AvgIpc) is 2.83. The molecule has 0 saturated carbocycles. The Morgan fingerprint density at radius 2 is 1.74 bits per heavy atom. The Bertz CT molecular complexity index is 1240. The summed E-state index contributed by atoms with van der Waals surface area (Å²) in [6, 6.07) is 17.1. The van der Waals surface area contributed by atoms with Crippen LogP contribution in [0.15, 0.2) is 66.7 Å². The number of benzene rings is 3. The van der Waals surface area contributed by atoms with Gasteiger partial charge in [-0.15, -0.1) is 11.6 Å². The van der Waals surface area contributed by atoms with Crippen LogP contribution in [0, 0.1) is 0 Å². The fourth-order valence-corrected chi connectivity index (χ4v) is 4.32. The van der Waals surface area contributed by atoms with Crippen molar-refractivity contribution in [1.82, 2.24) is 4.90 Å². The molecule has 0 aromatic heterocycles. The van der Waals surface area contributed by atoms with Crippen LogP contribution in [0.3, 0.4) is 0 Å². The first-order chi connectivity index (χ1) is 16.6. The second-order valence-electron chi connectivity index (χ2n) is 8.61. The average molecular weight is 501 g/mol. The summed E-state index contributed by atoms with van der Waals surface area (Å²) in [5, 5.41) is 2.68. The molecular formula is C27H24ClF3N2O2. The van der Waals surface area contributed by atoms with Gasteiger partial charge in [-0.1, -0.05) is 36.4 Å². The minimum absolute atomic E-state index is 0.0235. The Morgan fingerprint density at radius 3 is 2.43 bits per heavy atom. The standard InChI is InChI=1S/C27H24ClF3N2O2/c1-17(28)14-25(34)33-13-12-19-15-22(11-8-20(19)16-33)32-26(35)24-5-3-2-4-23(24)18-6-9-21(10-7-18)27(29,30)31/h2-11,15,17H,12-14,16H2,1H3,(H,32,35). The topological polar surface area (TPSA) is 49.4 Å². The number of carbonyl (C=O) groups is 2. The highest BCUT2D eigenvalue weighted by molar-refractivity contribution is 6.21. The summed E-state index contributed by atoms with van der Waals surface area (Å²) in [4.78, 5) is 27.2. The Hall–Kier alpha value is -3.32. The number of nitrogens with one attached hydrogen (secondary N) is 1. The molecule has 0 spiro atoms. The van der Waals surface area contributed by atoms with Gasteiger partial charge in [0, 0.05) is 36.1 Å². The minimum Gasteiger partial charge on any atom is -0.338 e. The van der Waals surface area contributed by atoms with E-state index in [0.717, 1.165) is 23.3 Å². The molecule has 0 fully saturated rings. The highest BCUT2D eigenvalue weighted by Crippen LogP contribution is 2.32. The maximum absolute atomic E-state index is 13.1. The Labute approximate surface area is 206 Å². The normalized spacial score (nSPS) is 14.3. The summed E-state index contributed by atoms with van der Waals surface area (Å²) in [6.45, 7) is 2.88. The van der Waals surface area contributed by atoms with E-state index in [2.05, 4.69) is 5.32 Å². The summed E-state index contributed by atoms with van der Waals surface area (Å²) in [5.74, 6) is -0.334. The molecule has 1 aliphatic rings. The highest BCUT2D eigenvalue weighted by atomic mass is 35.5. The van der Waals surface area contributed by atoms with Gasteiger partial charge in [0.2, 0.25) is 5.91 Å². The van der Waals surface area contributed by atoms with Crippen LogP contribution in [0.4, 0.5) is 18.9 Å². The number of anilines is 1. The molecule has 182 valence electrons. The number of alkyl halides is 4. The number of amides is 2. The van der Waals surface area contributed by atoms with E-state index in [1.165, 1.54) is 12.1 Å². The Balaban J connectivity index is 1.50. The van der Waals surface area contributed by atoms with Crippen molar-refractivity contribution < 1.29 is 22.8 Å². The van der Waals surface area contributed by atoms with E-state index in [4.69, 9.17) is 11.6 Å². The van der Waals surface area contributed by atoms with E-state index < -0.39 is 11.7 Å². The van der Waals surface area contributed by atoms with Gasteiger partial charge >= 0.3 is 6.18 Å². The molecule has 4 rings (SSSR count). The van der Waals surface area contributed by atoms with E-state index in [0.29, 0.717) is 48.3 Å². The summed E-state index contributed by atoms with van der Waals surface area (Å²) in [6.07, 6.45) is -3.46. The molecule has 1 heterocycles. The number of hydrogen-bond donors (Lipinski definition) is 1. The largest absolute Gasteiger partial charge is 0.416 e. The van der Waals surface area contributed by atoms with Crippen LogP contribution in [0.1, 0.15) is 40.4 Å². The van der Waals surface area contributed by atoms with Crippen molar-refractivity contribution in [1.29, 1.82) is 0 Å². The molecule has 0 radical (unpaired) electrons. The molecule has 0 saturated heterocycles. The predicted octanol–water partition coefficient (Wildman–Crippen LogP) is 6.53. The van der Waals surface area contributed by atoms with Crippen molar-refractivity contribution in [2.45, 2.75) is 37.9 Å². The van der Waals surface area contributed by atoms with E-state index in [9.17, 15) is 22.8 Å². The van der Waals surface area contributed by atoms with Crippen LogP contribution in [0.25, 0.3) is 11.1 Å². The number of halogens is 4. The molecule has 8 heteroatoms. The maximum atomic E-state index is 13.1. The van der Waals surface area contributed by atoms with Gasteiger partial charge in [0.25, 0.3) is 5.91 Å². The fourth-order valence-electron chi connectivity index (χ4n) is 4.18. The lowest BCUT2D eigenvalue weighted by Gasteiger charge is -2.29. The third-order valence-electron chi connectivity index (χ3n) is 5.98. The van der Waals surface area contributed by atoms with Gasteiger partial charge in [-0.2, -0.15) is 13.2 Å². The number of rotatable bonds is 5. The minimum atomic E-state index is -4.42. The lowest BCUT2D eigenvalue weighted by Crippen LogP contribution is -2.36. The molecule has 3 aromatic rings. The van der Waals surface area contributed by atoms with Crippen LogP contribution in [-0.2, 0) is 23.9 Å². The molecule has 1 unspecified atom stereocenters. The Morgan fingerprint density at radius 1 is 1.03 bits per heavy atom. The summed E-state index contributed by atoms with van der Waals surface area (Å²) in [7, 11) is 0. The summed E-state index contributed by atoms with van der Waals surface area (Å²) in [5.41, 5.74) is 3.37. The van der Waals surface area contributed by atoms with Gasteiger partial charge in [-0.05, 0) is 65.9 Å². The van der Waals surface area contributed by atoms with E-state index in [1.807, 2.05) is 12.1 Å². The first kappa shape index (κ1) is 24.8. The Kier molecular flexibility index (Phi) is 7.17.